The van der Waals surface area contributed by atoms with Gasteiger partial charge in [0.2, 0.25) is 6.41 Å². The molecular formula is C35H42N2O3. The maximum absolute atomic E-state index is 12.4. The number of allylic oxidation sites excluding steroid dienone is 4. The first-order valence-corrected chi connectivity index (χ1v) is 13.8. The van der Waals surface area contributed by atoms with E-state index in [4.69, 9.17) is 4.84 Å². The van der Waals surface area contributed by atoms with Gasteiger partial charge >= 0.3 is 0 Å². The Morgan fingerprint density at radius 1 is 0.875 bits per heavy atom. The molecule has 0 saturated heterocycles. The first kappa shape index (κ1) is 32.0. The van der Waals surface area contributed by atoms with Crippen molar-refractivity contribution in [3.63, 3.8) is 0 Å². The molecule has 1 N–H and O–H groups in total. The average Bonchev–Trinajstić information content (AvgIpc) is 2.96. The van der Waals surface area contributed by atoms with Gasteiger partial charge in [0, 0.05) is 17.6 Å². The lowest BCUT2D eigenvalue weighted by molar-refractivity contribution is -0.113. The number of hydrogen-bond acceptors (Lipinski definition) is 4. The smallest absolute Gasteiger partial charge is 0.212 e. The molecule has 0 saturated carbocycles. The van der Waals surface area contributed by atoms with Crippen molar-refractivity contribution in [2.45, 2.75) is 60.3 Å². The summed E-state index contributed by atoms with van der Waals surface area (Å²) < 4.78 is 0. The SMILES string of the molecule is CCC/C(C=C(C)C)=C(\Cc1ccc(-c2ccccc2/C(=N/OC)NC=O)cc1)C(C)=O.CCc1ccccc1. The molecule has 0 fully saturated rings. The second-order valence-corrected chi connectivity index (χ2v) is 9.67. The molecule has 0 aromatic heterocycles. The van der Waals surface area contributed by atoms with Crippen LogP contribution < -0.4 is 5.32 Å². The third-order valence-corrected chi connectivity index (χ3v) is 6.25. The second-order valence-electron chi connectivity index (χ2n) is 9.67. The van der Waals surface area contributed by atoms with E-state index in [2.05, 4.69) is 68.5 Å². The van der Waals surface area contributed by atoms with Crippen LogP contribution in [0.2, 0.25) is 0 Å². The topological polar surface area (TPSA) is 67.8 Å². The molecule has 0 atom stereocenters. The highest BCUT2D eigenvalue weighted by Crippen LogP contribution is 2.26. The summed E-state index contributed by atoms with van der Waals surface area (Å²) >= 11 is 0. The minimum absolute atomic E-state index is 0.112. The Morgan fingerprint density at radius 2 is 1.52 bits per heavy atom. The summed E-state index contributed by atoms with van der Waals surface area (Å²) in [4.78, 5) is 28.3. The van der Waals surface area contributed by atoms with Crippen LogP contribution in [0.1, 0.15) is 64.2 Å². The van der Waals surface area contributed by atoms with Crippen LogP contribution in [0.3, 0.4) is 0 Å². The van der Waals surface area contributed by atoms with Crippen LogP contribution in [-0.4, -0.2) is 25.1 Å². The molecule has 0 spiro atoms. The van der Waals surface area contributed by atoms with E-state index in [1.54, 1.807) is 6.92 Å². The molecule has 3 rings (SSSR count). The Kier molecular flexibility index (Phi) is 13.9. The van der Waals surface area contributed by atoms with Crippen LogP contribution in [0.15, 0.2) is 107 Å². The molecule has 0 heterocycles. The zero-order chi connectivity index (χ0) is 29.3. The first-order valence-electron chi connectivity index (χ1n) is 13.8. The van der Waals surface area contributed by atoms with Gasteiger partial charge in [0.25, 0.3) is 0 Å². The fourth-order valence-corrected chi connectivity index (χ4v) is 4.35. The van der Waals surface area contributed by atoms with Crippen LogP contribution in [0, 0.1) is 0 Å². The number of carbonyl (C=O) groups excluding carboxylic acids is 2. The number of amides is 1. The van der Waals surface area contributed by atoms with Gasteiger partial charge < -0.3 is 10.2 Å². The molecule has 40 heavy (non-hydrogen) atoms. The van der Waals surface area contributed by atoms with Gasteiger partial charge in [0.05, 0.1) is 0 Å². The van der Waals surface area contributed by atoms with Gasteiger partial charge in [0.1, 0.15) is 7.11 Å². The van der Waals surface area contributed by atoms with E-state index >= 15 is 0 Å². The summed E-state index contributed by atoms with van der Waals surface area (Å²) in [7, 11) is 1.44. The van der Waals surface area contributed by atoms with Crippen molar-refractivity contribution in [3.05, 3.63) is 118 Å². The molecule has 5 nitrogen and oxygen atoms in total. The quantitative estimate of drug-likeness (QED) is 0.0675. The highest BCUT2D eigenvalue weighted by Gasteiger charge is 2.13. The number of benzene rings is 3. The van der Waals surface area contributed by atoms with Gasteiger partial charge in [-0.15, -0.1) is 0 Å². The molecule has 0 bridgehead atoms. The highest BCUT2D eigenvalue weighted by molar-refractivity contribution is 6.08. The van der Waals surface area contributed by atoms with Crippen molar-refractivity contribution in [3.8, 4) is 11.1 Å². The number of oxime groups is 1. The number of aryl methyl sites for hydroxylation is 1. The summed E-state index contributed by atoms with van der Waals surface area (Å²) in [6.07, 6.45) is 6.32. The zero-order valence-corrected chi connectivity index (χ0v) is 24.7. The second kappa shape index (κ2) is 17.4. The predicted molar refractivity (Wildman–Crippen MR) is 166 cm³/mol. The lowest BCUT2D eigenvalue weighted by atomic mass is 9.92. The number of Topliss-reactive ketones (excluding diaryl/α,β-unsaturated/α-hetero) is 1. The number of ketones is 1. The maximum Gasteiger partial charge on any atom is 0.212 e. The van der Waals surface area contributed by atoms with Crippen molar-refractivity contribution in [2.75, 3.05) is 7.11 Å². The molecule has 0 aliphatic carbocycles. The number of hydrogen-bond donors (Lipinski definition) is 1. The van der Waals surface area contributed by atoms with E-state index in [9.17, 15) is 9.59 Å². The third-order valence-electron chi connectivity index (χ3n) is 6.25. The molecule has 0 aliphatic rings. The lowest BCUT2D eigenvalue weighted by Gasteiger charge is -2.13. The Labute approximate surface area is 239 Å². The Bertz CT molecular complexity index is 1320. The Hall–Kier alpha value is -4.25. The van der Waals surface area contributed by atoms with Gasteiger partial charge in [-0.25, -0.2) is 0 Å². The molecule has 0 radical (unpaired) electrons. The summed E-state index contributed by atoms with van der Waals surface area (Å²) in [6, 6.07) is 26.3. The minimum Gasteiger partial charge on any atom is -0.397 e. The first-order chi connectivity index (χ1) is 19.3. The van der Waals surface area contributed by atoms with E-state index in [-0.39, 0.29) is 5.78 Å². The fraction of sp³-hybridized carbons (Fsp3) is 0.286. The summed E-state index contributed by atoms with van der Waals surface area (Å²) in [5.74, 6) is 0.454. The molecule has 3 aromatic rings. The van der Waals surface area contributed by atoms with Crippen molar-refractivity contribution >= 4 is 18.0 Å². The monoisotopic (exact) mass is 538 g/mol. The molecule has 0 unspecified atom stereocenters. The molecule has 1 amide bonds. The predicted octanol–water partition coefficient (Wildman–Crippen LogP) is 7.85. The number of rotatable bonds is 11. The summed E-state index contributed by atoms with van der Waals surface area (Å²) in [5, 5.41) is 6.53. The summed E-state index contributed by atoms with van der Waals surface area (Å²) in [6.45, 7) is 10.0. The number of carbonyl (C=O) groups is 2. The molecule has 3 aromatic carbocycles. The van der Waals surface area contributed by atoms with E-state index < -0.39 is 0 Å². The standard InChI is InChI=1S/C27H32N2O3.C8H10/c1-6-9-23(16-19(2)3)26(20(4)31)17-21-12-14-22(15-13-21)24-10-7-8-11-25(24)27(28-18-30)29-32-5;1-2-8-6-4-3-5-7-8/h7-8,10-16,18H,6,9,17H2,1-5H3,(H,28,29,30);3-7H,2H2,1H3/b26-23-;. The van der Waals surface area contributed by atoms with Crippen LogP contribution in [0.4, 0.5) is 0 Å². The van der Waals surface area contributed by atoms with E-state index in [1.807, 2.05) is 54.6 Å². The van der Waals surface area contributed by atoms with Crippen LogP contribution in [0.5, 0.6) is 0 Å². The Morgan fingerprint density at radius 3 is 2.05 bits per heavy atom. The summed E-state index contributed by atoms with van der Waals surface area (Å²) in [5.41, 5.74) is 8.32. The van der Waals surface area contributed by atoms with Crippen molar-refractivity contribution in [1.29, 1.82) is 0 Å². The van der Waals surface area contributed by atoms with Crippen molar-refractivity contribution < 1.29 is 14.4 Å². The van der Waals surface area contributed by atoms with Crippen LogP contribution in [-0.2, 0) is 27.3 Å². The molecular weight excluding hydrogens is 496 g/mol. The number of amidine groups is 1. The normalized spacial score (nSPS) is 11.4. The van der Waals surface area contributed by atoms with E-state index in [1.165, 1.54) is 18.2 Å². The van der Waals surface area contributed by atoms with Crippen molar-refractivity contribution in [2.24, 2.45) is 5.16 Å². The van der Waals surface area contributed by atoms with E-state index in [0.717, 1.165) is 52.7 Å². The third kappa shape index (κ3) is 10.1. The number of nitrogens with one attached hydrogen (secondary N) is 1. The Balaban J connectivity index is 0.000000598. The van der Waals surface area contributed by atoms with Gasteiger partial charge in [-0.3, -0.25) is 9.59 Å². The van der Waals surface area contributed by atoms with Gasteiger partial charge in [0.15, 0.2) is 11.6 Å². The average molecular weight is 539 g/mol. The van der Waals surface area contributed by atoms with E-state index in [0.29, 0.717) is 18.7 Å². The number of nitrogens with zero attached hydrogens (tertiary/aromatic N) is 1. The molecule has 0 aliphatic heterocycles. The van der Waals surface area contributed by atoms with Crippen molar-refractivity contribution in [1.82, 2.24) is 5.32 Å². The highest BCUT2D eigenvalue weighted by atomic mass is 16.6. The van der Waals surface area contributed by atoms with Gasteiger partial charge in [-0.2, -0.15) is 0 Å². The molecule has 5 heteroatoms. The maximum atomic E-state index is 12.4. The van der Waals surface area contributed by atoms with Gasteiger partial charge in [-0.1, -0.05) is 116 Å². The minimum atomic E-state index is 0.112. The van der Waals surface area contributed by atoms with Crippen LogP contribution in [0.25, 0.3) is 11.1 Å². The lowest BCUT2D eigenvalue weighted by Crippen LogP contribution is -2.23. The van der Waals surface area contributed by atoms with Gasteiger partial charge in [-0.05, 0) is 61.4 Å². The zero-order valence-electron chi connectivity index (χ0n) is 24.7. The van der Waals surface area contributed by atoms with Crippen LogP contribution >= 0.6 is 0 Å². The largest absolute Gasteiger partial charge is 0.397 e. The fourth-order valence-electron chi connectivity index (χ4n) is 4.35. The molecule has 210 valence electrons.